The van der Waals surface area contributed by atoms with Gasteiger partial charge in [-0.25, -0.2) is 4.79 Å². The Labute approximate surface area is 166 Å². The van der Waals surface area contributed by atoms with Crippen LogP contribution in [0.15, 0.2) is 36.4 Å². The summed E-state index contributed by atoms with van der Waals surface area (Å²) in [5, 5.41) is 3.04. The molecule has 0 aromatic heterocycles. The van der Waals surface area contributed by atoms with Crippen LogP contribution in [0.2, 0.25) is 0 Å². The molecule has 0 bridgehead atoms. The topological polar surface area (TPSA) is 60.0 Å². The summed E-state index contributed by atoms with van der Waals surface area (Å²) in [5.74, 6) is 1.42. The molecule has 1 aliphatic rings. The summed E-state index contributed by atoms with van der Waals surface area (Å²) in [6, 6.07) is 11.9. The quantitative estimate of drug-likeness (QED) is 0.794. The fraction of sp³-hybridized carbons (Fsp3) is 0.409. The van der Waals surface area contributed by atoms with Gasteiger partial charge in [-0.05, 0) is 47.7 Å². The highest BCUT2D eigenvalue weighted by atomic mass is 16.5. The van der Waals surface area contributed by atoms with Crippen LogP contribution in [0.1, 0.15) is 29.2 Å². The summed E-state index contributed by atoms with van der Waals surface area (Å²) >= 11 is 0. The molecule has 2 aromatic carbocycles. The smallest absolute Gasteiger partial charge is 0.317 e. The molecule has 0 saturated heterocycles. The zero-order valence-electron chi connectivity index (χ0n) is 16.8. The number of benzene rings is 2. The number of hydrogen-bond acceptors (Lipinski definition) is 4. The van der Waals surface area contributed by atoms with Crippen molar-refractivity contribution in [3.63, 3.8) is 0 Å². The summed E-state index contributed by atoms with van der Waals surface area (Å²) in [6.07, 6.45) is 0.796. The van der Waals surface area contributed by atoms with Crippen molar-refractivity contribution >= 4 is 6.03 Å². The van der Waals surface area contributed by atoms with Crippen LogP contribution >= 0.6 is 0 Å². The first-order chi connectivity index (χ1) is 13.7. The number of carbonyl (C=O) groups is 1. The van der Waals surface area contributed by atoms with Crippen LogP contribution in [0.3, 0.4) is 0 Å². The highest BCUT2D eigenvalue weighted by Gasteiger charge is 2.22. The van der Waals surface area contributed by atoms with Gasteiger partial charge in [-0.15, -0.1) is 0 Å². The largest absolute Gasteiger partial charge is 0.493 e. The van der Waals surface area contributed by atoms with Gasteiger partial charge in [-0.1, -0.05) is 24.3 Å². The van der Waals surface area contributed by atoms with E-state index < -0.39 is 0 Å². The van der Waals surface area contributed by atoms with Crippen LogP contribution < -0.4 is 14.8 Å². The SMILES string of the molecule is CCOCc1ccccc1CNC(=O)N1CCc2cc(OC)c(OC)cc2C1. The first-order valence-corrected chi connectivity index (χ1v) is 9.57. The zero-order valence-corrected chi connectivity index (χ0v) is 16.8. The molecule has 0 fully saturated rings. The molecule has 1 heterocycles. The van der Waals surface area contributed by atoms with Crippen molar-refractivity contribution < 1.29 is 19.0 Å². The van der Waals surface area contributed by atoms with Crippen molar-refractivity contribution in [2.24, 2.45) is 0 Å². The number of nitrogens with zero attached hydrogens (tertiary/aromatic N) is 1. The van der Waals surface area contributed by atoms with E-state index in [1.165, 1.54) is 5.56 Å². The molecular formula is C22H28N2O4. The fourth-order valence-corrected chi connectivity index (χ4v) is 3.42. The Morgan fingerprint density at radius 2 is 1.75 bits per heavy atom. The van der Waals surface area contributed by atoms with E-state index in [4.69, 9.17) is 14.2 Å². The number of rotatable bonds is 7. The van der Waals surface area contributed by atoms with E-state index in [-0.39, 0.29) is 6.03 Å². The van der Waals surface area contributed by atoms with Crippen molar-refractivity contribution in [1.29, 1.82) is 0 Å². The van der Waals surface area contributed by atoms with Gasteiger partial charge >= 0.3 is 6.03 Å². The number of methoxy groups -OCH3 is 2. The standard InChI is InChI=1S/C22H28N2O4/c1-4-28-15-18-8-6-5-7-17(18)13-23-22(25)24-10-9-16-11-20(26-2)21(27-3)12-19(16)14-24/h5-8,11-12H,4,9-10,13-15H2,1-3H3,(H,23,25). The third-order valence-corrected chi connectivity index (χ3v) is 5.02. The van der Waals surface area contributed by atoms with Gasteiger partial charge in [-0.3, -0.25) is 0 Å². The number of nitrogens with one attached hydrogen (secondary N) is 1. The molecule has 1 aliphatic heterocycles. The minimum atomic E-state index is -0.0633. The van der Waals surface area contributed by atoms with E-state index in [1.54, 1.807) is 14.2 Å². The highest BCUT2D eigenvalue weighted by Crippen LogP contribution is 2.33. The van der Waals surface area contributed by atoms with E-state index in [1.807, 2.05) is 48.2 Å². The first kappa shape index (κ1) is 20.0. The predicted molar refractivity (Wildman–Crippen MR) is 108 cm³/mol. The van der Waals surface area contributed by atoms with E-state index in [0.29, 0.717) is 38.6 Å². The molecule has 3 rings (SSSR count). The number of ether oxygens (including phenoxy) is 3. The third-order valence-electron chi connectivity index (χ3n) is 5.02. The van der Waals surface area contributed by atoms with Gasteiger partial charge in [0.05, 0.1) is 20.8 Å². The van der Waals surface area contributed by atoms with Gasteiger partial charge < -0.3 is 24.4 Å². The van der Waals surface area contributed by atoms with Gasteiger partial charge in [0.1, 0.15) is 0 Å². The number of hydrogen-bond donors (Lipinski definition) is 1. The average molecular weight is 384 g/mol. The molecule has 6 heteroatoms. The fourth-order valence-electron chi connectivity index (χ4n) is 3.42. The van der Waals surface area contributed by atoms with Gasteiger partial charge in [0.2, 0.25) is 0 Å². The van der Waals surface area contributed by atoms with Crippen LogP contribution in [-0.2, 0) is 30.9 Å². The lowest BCUT2D eigenvalue weighted by atomic mass is 9.99. The minimum absolute atomic E-state index is 0.0633. The first-order valence-electron chi connectivity index (χ1n) is 9.57. The summed E-state index contributed by atoms with van der Waals surface area (Å²) in [4.78, 5) is 14.5. The van der Waals surface area contributed by atoms with Crippen molar-refractivity contribution in [2.45, 2.75) is 33.0 Å². The molecule has 0 radical (unpaired) electrons. The van der Waals surface area contributed by atoms with Crippen LogP contribution in [0.4, 0.5) is 4.79 Å². The van der Waals surface area contributed by atoms with E-state index in [9.17, 15) is 4.79 Å². The summed E-state index contributed by atoms with van der Waals surface area (Å²) in [7, 11) is 3.26. The molecular weight excluding hydrogens is 356 g/mol. The second-order valence-electron chi connectivity index (χ2n) is 6.71. The van der Waals surface area contributed by atoms with Crippen molar-refractivity contribution in [3.8, 4) is 11.5 Å². The van der Waals surface area contributed by atoms with Gasteiger partial charge in [0.25, 0.3) is 0 Å². The summed E-state index contributed by atoms with van der Waals surface area (Å²) in [6.45, 7) is 4.92. The molecule has 0 unspecified atom stereocenters. The average Bonchev–Trinajstić information content (AvgIpc) is 2.75. The molecule has 1 N–H and O–H groups in total. The zero-order chi connectivity index (χ0) is 19.9. The van der Waals surface area contributed by atoms with Gasteiger partial charge in [-0.2, -0.15) is 0 Å². The maximum Gasteiger partial charge on any atom is 0.317 e. The van der Waals surface area contributed by atoms with E-state index in [0.717, 1.165) is 28.9 Å². The normalized spacial score (nSPS) is 13.0. The number of urea groups is 1. The Balaban J connectivity index is 1.64. The lowest BCUT2D eigenvalue weighted by Crippen LogP contribution is -2.42. The number of fused-ring (bicyclic) bond motifs is 1. The van der Waals surface area contributed by atoms with Crippen LogP contribution in [0, 0.1) is 0 Å². The van der Waals surface area contributed by atoms with Gasteiger partial charge in [0.15, 0.2) is 11.5 Å². The Hall–Kier alpha value is -2.73. The molecule has 0 aliphatic carbocycles. The molecule has 6 nitrogen and oxygen atoms in total. The second kappa shape index (κ2) is 9.46. The number of carbonyl (C=O) groups excluding carboxylic acids is 1. The minimum Gasteiger partial charge on any atom is -0.493 e. The maximum atomic E-state index is 12.7. The van der Waals surface area contributed by atoms with E-state index >= 15 is 0 Å². The van der Waals surface area contributed by atoms with Crippen LogP contribution in [-0.4, -0.2) is 38.3 Å². The molecule has 2 aromatic rings. The van der Waals surface area contributed by atoms with Crippen molar-refractivity contribution in [2.75, 3.05) is 27.4 Å². The van der Waals surface area contributed by atoms with Gasteiger partial charge in [0, 0.05) is 26.2 Å². The molecule has 150 valence electrons. The molecule has 0 saturated carbocycles. The Morgan fingerprint density at radius 3 is 2.43 bits per heavy atom. The maximum absolute atomic E-state index is 12.7. The lowest BCUT2D eigenvalue weighted by Gasteiger charge is -2.30. The Bertz CT molecular complexity index is 822. The Kier molecular flexibility index (Phi) is 6.76. The molecule has 2 amide bonds. The number of amides is 2. The Morgan fingerprint density at radius 1 is 1.07 bits per heavy atom. The summed E-state index contributed by atoms with van der Waals surface area (Å²) < 4.78 is 16.3. The molecule has 0 atom stereocenters. The van der Waals surface area contributed by atoms with Crippen molar-refractivity contribution in [1.82, 2.24) is 10.2 Å². The van der Waals surface area contributed by atoms with E-state index in [2.05, 4.69) is 5.32 Å². The monoisotopic (exact) mass is 384 g/mol. The highest BCUT2D eigenvalue weighted by molar-refractivity contribution is 5.74. The summed E-state index contributed by atoms with van der Waals surface area (Å²) in [5.41, 5.74) is 4.47. The third kappa shape index (κ3) is 4.57. The lowest BCUT2D eigenvalue weighted by molar-refractivity contribution is 0.133. The predicted octanol–water partition coefficient (Wildman–Crippen LogP) is 3.51. The molecule has 0 spiro atoms. The van der Waals surface area contributed by atoms with Crippen LogP contribution in [0.25, 0.3) is 0 Å². The van der Waals surface area contributed by atoms with Crippen LogP contribution in [0.5, 0.6) is 11.5 Å². The second-order valence-corrected chi connectivity index (χ2v) is 6.71. The van der Waals surface area contributed by atoms with Crippen molar-refractivity contribution in [3.05, 3.63) is 58.7 Å². The molecule has 28 heavy (non-hydrogen) atoms.